The van der Waals surface area contributed by atoms with E-state index in [9.17, 15) is 31.2 Å². The molecule has 0 aromatic heterocycles. The predicted molar refractivity (Wildman–Crippen MR) is 175 cm³/mol. The third-order valence-corrected chi connectivity index (χ3v) is 10.4. The number of nitrogens with one attached hydrogen (secondary N) is 1. The van der Waals surface area contributed by atoms with Gasteiger partial charge in [-0.15, -0.1) is 0 Å². The van der Waals surface area contributed by atoms with Crippen molar-refractivity contribution in [2.24, 2.45) is 0 Å². The third-order valence-electron chi connectivity index (χ3n) is 8.26. The molecule has 0 spiro atoms. The maximum atomic E-state index is 14.3. The molecule has 8 nitrogen and oxygen atoms in total. The Balaban J connectivity index is 1.78. The van der Waals surface area contributed by atoms with Crippen molar-refractivity contribution in [3.05, 3.63) is 88.4 Å². The third kappa shape index (κ3) is 8.98. The zero-order chi connectivity index (χ0) is 34.4. The normalized spacial score (nSPS) is 14.7. The van der Waals surface area contributed by atoms with Crippen molar-refractivity contribution in [2.45, 2.75) is 82.1 Å². The lowest BCUT2D eigenvalue weighted by molar-refractivity contribution is -0.140. The first-order valence-corrected chi connectivity index (χ1v) is 17.2. The first-order valence-electron chi connectivity index (χ1n) is 15.4. The molecule has 3 aromatic carbocycles. The van der Waals surface area contributed by atoms with Crippen LogP contribution >= 0.6 is 11.6 Å². The van der Waals surface area contributed by atoms with Gasteiger partial charge < -0.3 is 15.0 Å². The van der Waals surface area contributed by atoms with E-state index >= 15 is 0 Å². The Labute approximate surface area is 278 Å². The largest absolute Gasteiger partial charge is 0.497 e. The Kier molecular flexibility index (Phi) is 11.8. The number of halogens is 4. The number of methoxy groups -OCH3 is 1. The van der Waals surface area contributed by atoms with E-state index < -0.39 is 51.0 Å². The quantitative estimate of drug-likeness (QED) is 0.218. The molecule has 1 aliphatic rings. The number of nitrogens with zero attached hydrogens (tertiary/aromatic N) is 2. The summed E-state index contributed by atoms with van der Waals surface area (Å²) in [5, 5.41) is 2.44. The van der Waals surface area contributed by atoms with Crippen LogP contribution in [0.15, 0.2) is 71.6 Å². The van der Waals surface area contributed by atoms with Crippen LogP contribution < -0.4 is 14.4 Å². The maximum absolute atomic E-state index is 14.3. The van der Waals surface area contributed by atoms with Crippen LogP contribution in [0.4, 0.5) is 18.9 Å². The van der Waals surface area contributed by atoms with Gasteiger partial charge in [-0.3, -0.25) is 13.9 Å². The summed E-state index contributed by atoms with van der Waals surface area (Å²) in [6.07, 6.45) is -0.0328. The van der Waals surface area contributed by atoms with Gasteiger partial charge in [-0.05, 0) is 74.2 Å². The van der Waals surface area contributed by atoms with Crippen molar-refractivity contribution in [2.75, 3.05) is 18.0 Å². The number of carbonyl (C=O) groups is 2. The topological polar surface area (TPSA) is 96.0 Å². The van der Waals surface area contributed by atoms with Crippen molar-refractivity contribution >= 4 is 39.1 Å². The van der Waals surface area contributed by atoms with E-state index in [-0.39, 0.29) is 29.8 Å². The molecule has 0 heterocycles. The van der Waals surface area contributed by atoms with Crippen molar-refractivity contribution in [1.82, 2.24) is 10.2 Å². The molecule has 254 valence electrons. The molecule has 1 aliphatic carbocycles. The molecule has 1 atom stereocenters. The summed E-state index contributed by atoms with van der Waals surface area (Å²) in [4.78, 5) is 29.1. The molecule has 0 radical (unpaired) electrons. The molecule has 0 saturated heterocycles. The number of amides is 2. The number of anilines is 1. The zero-order valence-electron chi connectivity index (χ0n) is 26.5. The van der Waals surface area contributed by atoms with E-state index in [4.69, 9.17) is 16.3 Å². The van der Waals surface area contributed by atoms with Gasteiger partial charge in [0, 0.05) is 12.6 Å². The summed E-state index contributed by atoms with van der Waals surface area (Å²) < 4.78 is 75.8. The number of ether oxygens (including phenoxy) is 1. The first-order chi connectivity index (χ1) is 22.2. The second-order valence-electron chi connectivity index (χ2n) is 11.6. The minimum absolute atomic E-state index is 0.0488. The summed E-state index contributed by atoms with van der Waals surface area (Å²) in [6, 6.07) is 14.3. The summed E-state index contributed by atoms with van der Waals surface area (Å²) in [7, 11) is -3.09. The molecule has 47 heavy (non-hydrogen) atoms. The van der Waals surface area contributed by atoms with Crippen molar-refractivity contribution in [1.29, 1.82) is 0 Å². The molecular formula is C34H39ClF3N3O5S. The van der Waals surface area contributed by atoms with Gasteiger partial charge in [-0.25, -0.2) is 8.42 Å². The summed E-state index contributed by atoms with van der Waals surface area (Å²) >= 11 is 5.86. The van der Waals surface area contributed by atoms with E-state index in [2.05, 4.69) is 5.32 Å². The minimum Gasteiger partial charge on any atom is -0.497 e. The fourth-order valence-electron chi connectivity index (χ4n) is 5.68. The Bertz CT molecular complexity index is 1660. The van der Waals surface area contributed by atoms with Crippen LogP contribution in [0.3, 0.4) is 0 Å². The molecule has 0 aliphatic heterocycles. The standard InChI is InChI=1S/C34H39ClF3N3O5S/c1-4-31(33(43)39-25-10-6-5-7-11-25)40(21-24-9-8-12-27(19-24)46-3)32(42)22-41(47(44,45)28-16-13-23(2)14-17-28)26-15-18-30(35)29(20-26)34(36,37)38/h8-9,12-20,25,31H,4-7,10-11,21-22H2,1-3H3,(H,39,43)/t31-/m1/s1. The highest BCUT2D eigenvalue weighted by atomic mass is 35.5. The van der Waals surface area contributed by atoms with Crippen molar-refractivity contribution in [3.63, 3.8) is 0 Å². The summed E-state index contributed by atoms with van der Waals surface area (Å²) in [5.41, 5.74) is -0.284. The monoisotopic (exact) mass is 693 g/mol. The smallest absolute Gasteiger partial charge is 0.417 e. The minimum atomic E-state index is -4.89. The second kappa shape index (κ2) is 15.4. The lowest BCUT2D eigenvalue weighted by Gasteiger charge is -2.34. The Morgan fingerprint density at radius 2 is 1.70 bits per heavy atom. The van der Waals surface area contributed by atoms with E-state index in [1.165, 1.54) is 24.1 Å². The number of alkyl halides is 3. The summed E-state index contributed by atoms with van der Waals surface area (Å²) in [5.74, 6) is -0.647. The lowest BCUT2D eigenvalue weighted by atomic mass is 9.95. The summed E-state index contributed by atoms with van der Waals surface area (Å²) in [6.45, 7) is 2.53. The highest BCUT2D eigenvalue weighted by molar-refractivity contribution is 7.92. The molecule has 1 saturated carbocycles. The lowest BCUT2D eigenvalue weighted by Crippen LogP contribution is -2.54. The van der Waals surface area contributed by atoms with Crippen LogP contribution in [0.25, 0.3) is 0 Å². The molecular weight excluding hydrogens is 655 g/mol. The second-order valence-corrected chi connectivity index (χ2v) is 13.9. The fraction of sp³-hybridized carbons (Fsp3) is 0.412. The number of benzene rings is 3. The van der Waals surface area contributed by atoms with Gasteiger partial charge >= 0.3 is 6.18 Å². The van der Waals surface area contributed by atoms with Crippen LogP contribution in [-0.4, -0.2) is 50.9 Å². The Morgan fingerprint density at radius 3 is 2.32 bits per heavy atom. The molecule has 0 unspecified atom stereocenters. The van der Waals surface area contributed by atoms with Crippen LogP contribution in [0.1, 0.15) is 62.1 Å². The molecule has 1 fully saturated rings. The van der Waals surface area contributed by atoms with Gasteiger partial charge in [0.05, 0.1) is 28.3 Å². The van der Waals surface area contributed by atoms with E-state index in [0.717, 1.165) is 49.8 Å². The van der Waals surface area contributed by atoms with Gasteiger partial charge in [0.1, 0.15) is 18.3 Å². The average Bonchev–Trinajstić information content (AvgIpc) is 3.04. The number of aryl methyl sites for hydroxylation is 1. The molecule has 0 bridgehead atoms. The van der Waals surface area contributed by atoms with Gasteiger partial charge in [0.25, 0.3) is 10.0 Å². The SMILES string of the molecule is CC[C@H](C(=O)NC1CCCCC1)N(Cc1cccc(OC)c1)C(=O)CN(c1ccc(Cl)c(C(F)(F)F)c1)S(=O)(=O)c1ccc(C)cc1. The number of hydrogen-bond acceptors (Lipinski definition) is 5. The van der Waals surface area contributed by atoms with Gasteiger partial charge in [-0.2, -0.15) is 13.2 Å². The first kappa shape index (κ1) is 36.1. The molecule has 1 N–H and O–H groups in total. The highest BCUT2D eigenvalue weighted by Gasteiger charge is 2.37. The van der Waals surface area contributed by atoms with E-state index in [1.807, 2.05) is 0 Å². The van der Waals surface area contributed by atoms with Gasteiger partial charge in [0.2, 0.25) is 11.8 Å². The van der Waals surface area contributed by atoms with E-state index in [1.54, 1.807) is 50.2 Å². The van der Waals surface area contributed by atoms with Crippen LogP contribution in [0, 0.1) is 6.92 Å². The van der Waals surface area contributed by atoms with Crippen LogP contribution in [-0.2, 0) is 32.3 Å². The van der Waals surface area contributed by atoms with Crippen molar-refractivity contribution < 1.29 is 35.9 Å². The Morgan fingerprint density at radius 1 is 1.02 bits per heavy atom. The van der Waals surface area contributed by atoms with E-state index in [0.29, 0.717) is 21.7 Å². The van der Waals surface area contributed by atoms with Crippen LogP contribution in [0.5, 0.6) is 5.75 Å². The number of carbonyl (C=O) groups excluding carboxylic acids is 2. The Hall–Kier alpha value is -3.77. The molecule has 13 heteroatoms. The number of hydrogen-bond donors (Lipinski definition) is 1. The van der Waals surface area contributed by atoms with Crippen molar-refractivity contribution in [3.8, 4) is 5.75 Å². The molecule has 2 amide bonds. The predicted octanol–water partition coefficient (Wildman–Crippen LogP) is 7.13. The van der Waals surface area contributed by atoms with Gasteiger partial charge in [-0.1, -0.05) is 67.6 Å². The van der Waals surface area contributed by atoms with Crippen LogP contribution in [0.2, 0.25) is 5.02 Å². The maximum Gasteiger partial charge on any atom is 0.417 e. The number of sulfonamides is 1. The highest BCUT2D eigenvalue weighted by Crippen LogP contribution is 2.38. The molecule has 3 aromatic rings. The number of rotatable bonds is 12. The molecule has 4 rings (SSSR count). The fourth-order valence-corrected chi connectivity index (χ4v) is 7.31. The zero-order valence-corrected chi connectivity index (χ0v) is 28.1. The van der Waals surface area contributed by atoms with Gasteiger partial charge in [0.15, 0.2) is 0 Å². The average molecular weight is 694 g/mol.